The van der Waals surface area contributed by atoms with Gasteiger partial charge in [-0.2, -0.15) is 0 Å². The van der Waals surface area contributed by atoms with Gasteiger partial charge in [-0.15, -0.1) is 11.3 Å². The summed E-state index contributed by atoms with van der Waals surface area (Å²) < 4.78 is 6.89. The van der Waals surface area contributed by atoms with E-state index in [1.807, 2.05) is 31.2 Å². The summed E-state index contributed by atoms with van der Waals surface area (Å²) in [5.74, 6) is -0.145. The number of hydrogen-bond acceptors (Lipinski definition) is 5. The predicted molar refractivity (Wildman–Crippen MR) is 175 cm³/mol. The van der Waals surface area contributed by atoms with Gasteiger partial charge in [-0.3, -0.25) is 4.79 Å². The highest BCUT2D eigenvalue weighted by Gasteiger charge is 2.45. The van der Waals surface area contributed by atoms with Crippen LogP contribution in [0.25, 0.3) is 16.3 Å². The van der Waals surface area contributed by atoms with Gasteiger partial charge in [0.2, 0.25) is 0 Å². The van der Waals surface area contributed by atoms with Crippen LogP contribution in [0.1, 0.15) is 111 Å². The quantitative estimate of drug-likeness (QED) is 0.243. The Labute approximate surface area is 260 Å². The topological polar surface area (TPSA) is 88.5 Å². The van der Waals surface area contributed by atoms with E-state index in [1.54, 1.807) is 6.07 Å². The number of hydrogen-bond donors (Lipinski definition) is 2. The second-order valence-corrected chi connectivity index (χ2v) is 14.9. The number of aromatic nitrogens is 1. The summed E-state index contributed by atoms with van der Waals surface area (Å²) in [5, 5.41) is 14.6. The summed E-state index contributed by atoms with van der Waals surface area (Å²) >= 11 is 1.50. The lowest BCUT2D eigenvalue weighted by Gasteiger charge is -2.47. The third-order valence-corrected chi connectivity index (χ3v) is 10.8. The molecule has 0 unspecified atom stereocenters. The molecular weight excluding hydrogens is 556 g/mol. The number of pyridine rings is 1. The molecule has 230 valence electrons. The number of carbonyl (C=O) groups excluding carboxylic acids is 1. The predicted octanol–water partition coefficient (Wildman–Crippen LogP) is 8.62. The van der Waals surface area contributed by atoms with E-state index in [4.69, 9.17) is 9.72 Å². The van der Waals surface area contributed by atoms with Gasteiger partial charge in [0, 0.05) is 32.7 Å². The minimum absolute atomic E-state index is 0.00509. The number of thiophene rings is 1. The highest BCUT2D eigenvalue weighted by Crippen LogP contribution is 2.45. The Bertz CT molecular complexity index is 1490. The molecule has 7 heteroatoms. The molecule has 2 aliphatic rings. The lowest BCUT2D eigenvalue weighted by atomic mass is 9.68. The van der Waals surface area contributed by atoms with E-state index in [0.717, 1.165) is 69.6 Å². The average molecular weight is 603 g/mol. The summed E-state index contributed by atoms with van der Waals surface area (Å²) in [6, 6.07) is 10.7. The molecule has 2 aromatic heterocycles. The summed E-state index contributed by atoms with van der Waals surface area (Å²) in [4.78, 5) is 32.5. The maximum absolute atomic E-state index is 13.5. The normalized spacial score (nSPS) is 18.0. The monoisotopic (exact) mass is 602 g/mol. The van der Waals surface area contributed by atoms with E-state index in [2.05, 4.69) is 38.7 Å². The van der Waals surface area contributed by atoms with E-state index in [-0.39, 0.29) is 23.1 Å². The number of carboxylic acids is 1. The first-order valence-electron chi connectivity index (χ1n) is 15.8. The number of nitrogens with zero attached hydrogens (tertiary/aromatic N) is 1. The molecule has 2 fully saturated rings. The van der Waals surface area contributed by atoms with E-state index >= 15 is 0 Å². The fraction of sp³-hybridized carbons (Fsp3) is 0.528. The van der Waals surface area contributed by atoms with Gasteiger partial charge in [0.15, 0.2) is 0 Å². The first-order valence-corrected chi connectivity index (χ1v) is 16.7. The van der Waals surface area contributed by atoms with Crippen molar-refractivity contribution in [2.24, 2.45) is 11.3 Å². The zero-order valence-electron chi connectivity index (χ0n) is 26.1. The van der Waals surface area contributed by atoms with Crippen molar-refractivity contribution >= 4 is 39.6 Å². The summed E-state index contributed by atoms with van der Waals surface area (Å²) in [6.45, 7) is 12.7. The van der Waals surface area contributed by atoms with Crippen molar-refractivity contribution in [3.63, 3.8) is 0 Å². The molecule has 0 spiro atoms. The standard InChI is InChI=1S/C36H46N2O4S/c1-23(2)32-16-15-27(43-32)22-31(34(40)41)38-33(39)30-20-25-13-14-26(42-36(35(3,4)5)17-9-6-10-18-36)21-28(25)29(37-30)19-24-11-7-8-12-24/h13-16,20-21,24,31H,1,6-12,17-19,22H2,2-5H3,(H,38,39)(H,40,41)/t31-/m0/s1. The van der Waals surface area contributed by atoms with Crippen LogP contribution < -0.4 is 10.1 Å². The third-order valence-electron chi connectivity index (χ3n) is 9.51. The Balaban J connectivity index is 1.44. The minimum atomic E-state index is -1.07. The van der Waals surface area contributed by atoms with Crippen molar-refractivity contribution in [2.45, 2.75) is 110 Å². The SMILES string of the molecule is C=C(C)c1ccc(C[C@H](NC(=O)c2cc3ccc(OC4(C(C)(C)C)CCCCC4)cc3c(CC3CCCC3)n2)C(=O)O)s1. The molecule has 6 nitrogen and oxygen atoms in total. The number of ether oxygens (including phenoxy) is 1. The maximum atomic E-state index is 13.5. The number of benzene rings is 1. The van der Waals surface area contributed by atoms with Crippen molar-refractivity contribution in [2.75, 3.05) is 0 Å². The van der Waals surface area contributed by atoms with Gasteiger partial charge in [0.05, 0.1) is 0 Å². The van der Waals surface area contributed by atoms with Crippen molar-refractivity contribution in [1.29, 1.82) is 0 Å². The summed E-state index contributed by atoms with van der Waals surface area (Å²) in [7, 11) is 0. The van der Waals surface area contributed by atoms with Crippen LogP contribution in [0.15, 0.2) is 43.0 Å². The highest BCUT2D eigenvalue weighted by molar-refractivity contribution is 7.13. The smallest absolute Gasteiger partial charge is 0.326 e. The second-order valence-electron chi connectivity index (χ2n) is 13.7. The number of carboxylic acid groups (broad SMARTS) is 1. The Morgan fingerprint density at radius 1 is 1.09 bits per heavy atom. The van der Waals surface area contributed by atoms with Crippen LogP contribution in [0.2, 0.25) is 0 Å². The molecule has 0 saturated heterocycles. The van der Waals surface area contributed by atoms with Crippen molar-refractivity contribution in [3.8, 4) is 5.75 Å². The molecule has 0 aliphatic heterocycles. The first-order chi connectivity index (χ1) is 20.4. The van der Waals surface area contributed by atoms with E-state index in [1.165, 1.54) is 43.4 Å². The molecule has 43 heavy (non-hydrogen) atoms. The molecule has 2 aliphatic carbocycles. The number of allylic oxidation sites excluding steroid dienone is 1. The Kier molecular flexibility index (Phi) is 9.31. The molecule has 2 saturated carbocycles. The van der Waals surface area contributed by atoms with E-state index in [9.17, 15) is 14.7 Å². The van der Waals surface area contributed by atoms with E-state index < -0.39 is 17.9 Å². The number of rotatable bonds is 10. The number of fused-ring (bicyclic) bond motifs is 1. The van der Waals surface area contributed by atoms with Gasteiger partial charge >= 0.3 is 5.97 Å². The number of nitrogens with one attached hydrogen (secondary N) is 1. The molecule has 3 aromatic rings. The van der Waals surface area contributed by atoms with Crippen LogP contribution in [-0.4, -0.2) is 33.6 Å². The van der Waals surface area contributed by atoms with Crippen LogP contribution in [-0.2, 0) is 17.6 Å². The van der Waals surface area contributed by atoms with Crippen LogP contribution in [0.3, 0.4) is 0 Å². The van der Waals surface area contributed by atoms with Crippen LogP contribution in [0, 0.1) is 11.3 Å². The van der Waals surface area contributed by atoms with Gasteiger partial charge in [-0.05, 0) is 86.2 Å². The molecule has 5 rings (SSSR count). The average Bonchev–Trinajstić information content (AvgIpc) is 3.65. The zero-order chi connectivity index (χ0) is 30.8. The largest absolute Gasteiger partial charge is 0.487 e. The lowest BCUT2D eigenvalue weighted by molar-refractivity contribution is -0.139. The highest BCUT2D eigenvalue weighted by atomic mass is 32.1. The zero-order valence-corrected chi connectivity index (χ0v) is 26.9. The lowest BCUT2D eigenvalue weighted by Crippen LogP contribution is -2.49. The van der Waals surface area contributed by atoms with E-state index in [0.29, 0.717) is 5.92 Å². The summed E-state index contributed by atoms with van der Waals surface area (Å²) in [5.41, 5.74) is 1.88. The van der Waals surface area contributed by atoms with Crippen LogP contribution in [0.4, 0.5) is 0 Å². The molecule has 0 radical (unpaired) electrons. The van der Waals surface area contributed by atoms with Gasteiger partial charge < -0.3 is 15.2 Å². The second kappa shape index (κ2) is 12.8. The molecular formula is C36H46N2O4S. The molecule has 0 bridgehead atoms. The van der Waals surface area contributed by atoms with Crippen molar-refractivity contribution < 1.29 is 19.4 Å². The van der Waals surface area contributed by atoms with Gasteiger partial charge in [0.25, 0.3) is 5.91 Å². The number of amides is 1. The Morgan fingerprint density at radius 2 is 1.81 bits per heavy atom. The van der Waals surface area contributed by atoms with Gasteiger partial charge in [-0.1, -0.05) is 65.5 Å². The molecule has 1 amide bonds. The number of aliphatic carboxylic acids is 1. The summed E-state index contributed by atoms with van der Waals surface area (Å²) in [6.07, 6.45) is 11.5. The van der Waals surface area contributed by atoms with Crippen molar-refractivity contribution in [3.05, 3.63) is 64.1 Å². The molecule has 2 N–H and O–H groups in total. The Morgan fingerprint density at radius 3 is 2.44 bits per heavy atom. The minimum Gasteiger partial charge on any atom is -0.487 e. The molecule has 1 aromatic carbocycles. The van der Waals surface area contributed by atoms with Gasteiger partial charge in [0.1, 0.15) is 23.1 Å². The Hall–Kier alpha value is -3.19. The fourth-order valence-corrected chi connectivity index (χ4v) is 7.80. The molecule has 2 heterocycles. The van der Waals surface area contributed by atoms with Gasteiger partial charge in [-0.25, -0.2) is 9.78 Å². The first kappa shape index (κ1) is 31.2. The maximum Gasteiger partial charge on any atom is 0.326 e. The number of carbonyl (C=O) groups is 2. The third kappa shape index (κ3) is 7.14. The van der Waals surface area contributed by atoms with Crippen LogP contribution >= 0.6 is 11.3 Å². The fourth-order valence-electron chi connectivity index (χ4n) is 6.82. The molecule has 1 atom stereocenters. The van der Waals surface area contributed by atoms with Crippen molar-refractivity contribution in [1.82, 2.24) is 10.3 Å². The van der Waals surface area contributed by atoms with Crippen LogP contribution in [0.5, 0.6) is 5.75 Å².